The van der Waals surface area contributed by atoms with E-state index in [9.17, 15) is 18.0 Å². The predicted octanol–water partition coefficient (Wildman–Crippen LogP) is 5.36. The molecule has 2 aliphatic rings. The van der Waals surface area contributed by atoms with Gasteiger partial charge in [-0.25, -0.2) is 0 Å². The molecule has 1 atom stereocenters. The van der Waals surface area contributed by atoms with Crippen LogP contribution < -0.4 is 5.32 Å². The fourth-order valence-corrected chi connectivity index (χ4v) is 5.55. The van der Waals surface area contributed by atoms with Crippen LogP contribution in [-0.2, 0) is 17.4 Å². The van der Waals surface area contributed by atoms with Crippen LogP contribution in [-0.4, -0.2) is 54.5 Å². The molecule has 2 fully saturated rings. The van der Waals surface area contributed by atoms with E-state index in [0.29, 0.717) is 30.1 Å². The molecular formula is C28H36F3N3O. The molecule has 0 radical (unpaired) electrons. The second-order valence-electron chi connectivity index (χ2n) is 9.92. The van der Waals surface area contributed by atoms with E-state index < -0.39 is 11.7 Å². The molecule has 0 aromatic heterocycles. The molecular weight excluding hydrogens is 451 g/mol. The number of carbonyl (C=O) groups is 1. The highest BCUT2D eigenvalue weighted by atomic mass is 19.4. The van der Waals surface area contributed by atoms with E-state index in [-0.39, 0.29) is 11.9 Å². The molecule has 1 N–H and O–H groups in total. The summed E-state index contributed by atoms with van der Waals surface area (Å²) in [5.41, 5.74) is 1.46. The van der Waals surface area contributed by atoms with Crippen molar-refractivity contribution in [1.29, 1.82) is 0 Å². The van der Waals surface area contributed by atoms with Crippen molar-refractivity contribution in [1.82, 2.24) is 15.1 Å². The van der Waals surface area contributed by atoms with Crippen molar-refractivity contribution in [2.24, 2.45) is 0 Å². The molecule has 1 amide bonds. The lowest BCUT2D eigenvalue weighted by Crippen LogP contribution is -2.50. The third-order valence-corrected chi connectivity index (χ3v) is 7.31. The SMILES string of the molecule is Cc1cc(CCNC(=O)C(c2ccccc2)N2CCC(N3CCCCC3)CC2)cc(C(F)(F)F)c1. The topological polar surface area (TPSA) is 35.6 Å². The fraction of sp³-hybridized carbons (Fsp3) is 0.536. The van der Waals surface area contributed by atoms with E-state index in [4.69, 9.17) is 0 Å². The van der Waals surface area contributed by atoms with Crippen molar-refractivity contribution in [3.8, 4) is 0 Å². The number of alkyl halides is 3. The van der Waals surface area contributed by atoms with Gasteiger partial charge in [0.05, 0.1) is 5.56 Å². The third-order valence-electron chi connectivity index (χ3n) is 7.31. The number of amides is 1. The number of carbonyl (C=O) groups excluding carboxylic acids is 1. The maximum absolute atomic E-state index is 13.4. The largest absolute Gasteiger partial charge is 0.416 e. The van der Waals surface area contributed by atoms with Gasteiger partial charge in [-0.1, -0.05) is 48.4 Å². The smallest absolute Gasteiger partial charge is 0.354 e. The Balaban J connectivity index is 1.39. The summed E-state index contributed by atoms with van der Waals surface area (Å²) < 4.78 is 39.5. The average molecular weight is 488 g/mol. The zero-order valence-electron chi connectivity index (χ0n) is 20.5. The number of aryl methyl sites for hydroxylation is 1. The Labute approximate surface area is 206 Å². The van der Waals surface area contributed by atoms with Gasteiger partial charge in [0.25, 0.3) is 0 Å². The molecule has 0 spiro atoms. The molecule has 190 valence electrons. The van der Waals surface area contributed by atoms with E-state index in [1.54, 1.807) is 13.0 Å². The van der Waals surface area contributed by atoms with Crippen LogP contribution in [0.15, 0.2) is 48.5 Å². The van der Waals surface area contributed by atoms with Gasteiger partial charge in [0.1, 0.15) is 6.04 Å². The van der Waals surface area contributed by atoms with Crippen molar-refractivity contribution in [3.05, 3.63) is 70.8 Å². The van der Waals surface area contributed by atoms with Crippen molar-refractivity contribution in [3.63, 3.8) is 0 Å². The summed E-state index contributed by atoms with van der Waals surface area (Å²) in [4.78, 5) is 18.3. The van der Waals surface area contributed by atoms with Crippen molar-refractivity contribution >= 4 is 5.91 Å². The van der Waals surface area contributed by atoms with E-state index in [0.717, 1.165) is 37.6 Å². The normalized spacial score (nSPS) is 19.4. The Morgan fingerprint density at radius 2 is 1.69 bits per heavy atom. The third kappa shape index (κ3) is 6.85. The Hall–Kier alpha value is -2.38. The van der Waals surface area contributed by atoms with Crippen LogP contribution in [0.25, 0.3) is 0 Å². The van der Waals surface area contributed by atoms with Gasteiger partial charge < -0.3 is 10.2 Å². The average Bonchev–Trinajstić information content (AvgIpc) is 2.85. The van der Waals surface area contributed by atoms with Crippen molar-refractivity contribution < 1.29 is 18.0 Å². The minimum atomic E-state index is -4.37. The number of halogens is 3. The highest BCUT2D eigenvalue weighted by Crippen LogP contribution is 2.31. The number of hydrogen-bond acceptors (Lipinski definition) is 3. The van der Waals surface area contributed by atoms with Crippen LogP contribution in [0.5, 0.6) is 0 Å². The first-order chi connectivity index (χ1) is 16.8. The first kappa shape index (κ1) is 25.7. The minimum Gasteiger partial charge on any atom is -0.354 e. The summed E-state index contributed by atoms with van der Waals surface area (Å²) >= 11 is 0. The summed E-state index contributed by atoms with van der Waals surface area (Å²) in [5.74, 6) is -0.0867. The highest BCUT2D eigenvalue weighted by molar-refractivity contribution is 5.83. The van der Waals surface area contributed by atoms with Gasteiger partial charge in [0, 0.05) is 25.7 Å². The summed E-state index contributed by atoms with van der Waals surface area (Å²) in [6.45, 7) is 6.05. The number of piperidine rings is 2. The molecule has 2 saturated heterocycles. The van der Waals surface area contributed by atoms with Gasteiger partial charge in [0.2, 0.25) is 5.91 Å². The van der Waals surface area contributed by atoms with Crippen LogP contribution in [0.1, 0.15) is 60.4 Å². The van der Waals surface area contributed by atoms with Gasteiger partial charge >= 0.3 is 6.18 Å². The monoisotopic (exact) mass is 487 g/mol. The predicted molar refractivity (Wildman–Crippen MR) is 132 cm³/mol. The Morgan fingerprint density at radius 3 is 2.34 bits per heavy atom. The van der Waals surface area contributed by atoms with Crippen LogP contribution in [0, 0.1) is 6.92 Å². The number of hydrogen-bond donors (Lipinski definition) is 1. The molecule has 1 unspecified atom stereocenters. The van der Waals surface area contributed by atoms with Gasteiger partial charge in [0.15, 0.2) is 0 Å². The summed E-state index contributed by atoms with van der Waals surface area (Å²) in [6.07, 6.45) is 1.98. The van der Waals surface area contributed by atoms with E-state index in [2.05, 4.69) is 15.1 Å². The van der Waals surface area contributed by atoms with Crippen LogP contribution in [0.4, 0.5) is 13.2 Å². The van der Waals surface area contributed by atoms with Crippen molar-refractivity contribution in [2.75, 3.05) is 32.7 Å². The molecule has 4 nitrogen and oxygen atoms in total. The number of likely N-dealkylation sites (tertiary alicyclic amines) is 2. The molecule has 35 heavy (non-hydrogen) atoms. The van der Waals surface area contributed by atoms with Crippen LogP contribution >= 0.6 is 0 Å². The standard InChI is InChI=1S/C28H36F3N3O/c1-21-18-22(20-24(19-21)28(29,30)31)10-13-32-27(35)26(23-8-4-2-5-9-23)34-16-11-25(12-17-34)33-14-6-3-7-15-33/h2,4-5,8-9,18-20,25-26H,3,6-7,10-17H2,1H3,(H,32,35). The molecule has 2 aromatic rings. The minimum absolute atomic E-state index is 0.0867. The first-order valence-corrected chi connectivity index (χ1v) is 12.8. The molecule has 7 heteroatoms. The molecule has 0 bridgehead atoms. The number of nitrogens with one attached hydrogen (secondary N) is 1. The molecule has 0 saturated carbocycles. The lowest BCUT2D eigenvalue weighted by molar-refractivity contribution is -0.137. The zero-order chi connectivity index (χ0) is 24.8. The molecule has 2 aromatic carbocycles. The highest BCUT2D eigenvalue weighted by Gasteiger charge is 2.33. The first-order valence-electron chi connectivity index (χ1n) is 12.8. The van der Waals surface area contributed by atoms with E-state index >= 15 is 0 Å². The molecule has 2 aliphatic heterocycles. The fourth-order valence-electron chi connectivity index (χ4n) is 5.55. The second kappa shape index (κ2) is 11.6. The van der Waals surface area contributed by atoms with E-state index in [1.165, 1.54) is 38.4 Å². The lowest BCUT2D eigenvalue weighted by Gasteiger charge is -2.42. The number of benzene rings is 2. The quantitative estimate of drug-likeness (QED) is 0.571. The summed E-state index contributed by atoms with van der Waals surface area (Å²) in [7, 11) is 0. The zero-order valence-corrected chi connectivity index (χ0v) is 20.5. The van der Waals surface area contributed by atoms with Gasteiger partial charge in [-0.15, -0.1) is 0 Å². The lowest BCUT2D eigenvalue weighted by atomic mass is 9.96. The maximum Gasteiger partial charge on any atom is 0.416 e. The number of rotatable bonds is 7. The second-order valence-corrected chi connectivity index (χ2v) is 9.92. The number of nitrogens with zero attached hydrogens (tertiary/aromatic N) is 2. The molecule has 0 aliphatic carbocycles. The molecule has 4 rings (SSSR count). The summed E-state index contributed by atoms with van der Waals surface area (Å²) in [6, 6.07) is 14.1. The van der Waals surface area contributed by atoms with Gasteiger partial charge in [-0.3, -0.25) is 9.69 Å². The van der Waals surface area contributed by atoms with Crippen LogP contribution in [0.3, 0.4) is 0 Å². The van der Waals surface area contributed by atoms with Gasteiger partial charge in [-0.05, 0) is 75.4 Å². The Bertz CT molecular complexity index is 965. The summed E-state index contributed by atoms with van der Waals surface area (Å²) in [5, 5.41) is 3.01. The van der Waals surface area contributed by atoms with Crippen LogP contribution in [0.2, 0.25) is 0 Å². The maximum atomic E-state index is 13.4. The molecule has 2 heterocycles. The van der Waals surface area contributed by atoms with Gasteiger partial charge in [-0.2, -0.15) is 13.2 Å². The van der Waals surface area contributed by atoms with Crippen molar-refractivity contribution in [2.45, 2.75) is 63.7 Å². The Morgan fingerprint density at radius 1 is 1.00 bits per heavy atom. The Kier molecular flexibility index (Phi) is 8.50. The van der Waals surface area contributed by atoms with E-state index in [1.807, 2.05) is 30.3 Å².